The van der Waals surface area contributed by atoms with Crippen molar-refractivity contribution < 1.29 is 18.7 Å². The third kappa shape index (κ3) is 4.47. The molecule has 4 nitrogen and oxygen atoms in total. The van der Waals surface area contributed by atoms with Crippen molar-refractivity contribution in [3.8, 4) is 11.1 Å². The van der Waals surface area contributed by atoms with Crippen LogP contribution in [-0.2, 0) is 11.3 Å². The van der Waals surface area contributed by atoms with Gasteiger partial charge in [-0.2, -0.15) is 0 Å². The smallest absolute Gasteiger partial charge is 0.411 e. The maximum absolute atomic E-state index is 14.6. The Morgan fingerprint density at radius 2 is 1.82 bits per heavy atom. The molecule has 1 aliphatic heterocycles. The van der Waals surface area contributed by atoms with Gasteiger partial charge in [-0.1, -0.05) is 55.8 Å². The van der Waals surface area contributed by atoms with Crippen LogP contribution >= 0.6 is 0 Å². The van der Waals surface area contributed by atoms with E-state index in [2.05, 4.69) is 6.07 Å². The molecule has 0 radical (unpaired) electrons. The maximum Gasteiger partial charge on any atom is 0.411 e. The number of aldehydes is 1. The van der Waals surface area contributed by atoms with Gasteiger partial charge >= 0.3 is 6.09 Å². The minimum Gasteiger partial charge on any atom is -0.439 e. The summed E-state index contributed by atoms with van der Waals surface area (Å²) in [5.74, 6) is -0.133. The molecule has 0 N–H and O–H groups in total. The lowest BCUT2D eigenvalue weighted by atomic mass is 9.90. The summed E-state index contributed by atoms with van der Waals surface area (Å²) in [4.78, 5) is 25.8. The zero-order chi connectivity index (χ0) is 24.6. The first-order chi connectivity index (χ1) is 16.2. The summed E-state index contributed by atoms with van der Waals surface area (Å²) in [6.45, 7) is 10.2. The summed E-state index contributed by atoms with van der Waals surface area (Å²) in [6, 6.07) is 16.6. The summed E-state index contributed by atoms with van der Waals surface area (Å²) in [5.41, 5.74) is 6.89. The molecule has 1 aliphatic rings. The van der Waals surface area contributed by atoms with Crippen molar-refractivity contribution in [2.45, 2.75) is 59.2 Å². The number of benzene rings is 3. The van der Waals surface area contributed by atoms with Crippen molar-refractivity contribution in [3.05, 3.63) is 93.8 Å². The number of aryl methyl sites for hydroxylation is 2. The summed E-state index contributed by atoms with van der Waals surface area (Å²) in [7, 11) is 0. The Morgan fingerprint density at radius 3 is 2.53 bits per heavy atom. The average molecular weight is 460 g/mol. The van der Waals surface area contributed by atoms with Crippen LogP contribution in [0.25, 0.3) is 11.1 Å². The van der Waals surface area contributed by atoms with E-state index in [9.17, 15) is 14.0 Å². The van der Waals surface area contributed by atoms with Crippen molar-refractivity contribution in [2.75, 3.05) is 0 Å². The van der Waals surface area contributed by atoms with Crippen LogP contribution in [0.15, 0.2) is 54.6 Å². The number of nitrogens with zero attached hydrogens (tertiary/aromatic N) is 1. The van der Waals surface area contributed by atoms with E-state index in [0.29, 0.717) is 17.7 Å². The van der Waals surface area contributed by atoms with Crippen molar-refractivity contribution in [3.63, 3.8) is 0 Å². The molecule has 0 bridgehead atoms. The van der Waals surface area contributed by atoms with Gasteiger partial charge in [0.25, 0.3) is 0 Å². The molecule has 0 spiro atoms. The van der Waals surface area contributed by atoms with Gasteiger partial charge in [-0.15, -0.1) is 0 Å². The number of hydrogen-bond acceptors (Lipinski definition) is 3. The van der Waals surface area contributed by atoms with Crippen LogP contribution in [0.4, 0.5) is 9.18 Å². The Bertz CT molecular complexity index is 1250. The highest BCUT2D eigenvalue weighted by Gasteiger charge is 2.40. The van der Waals surface area contributed by atoms with Crippen LogP contribution in [0.1, 0.15) is 71.0 Å². The molecular formula is C29H30FNO3. The van der Waals surface area contributed by atoms with E-state index in [0.717, 1.165) is 39.7 Å². The first-order valence-electron chi connectivity index (χ1n) is 11.6. The molecule has 1 heterocycles. The molecule has 1 fully saturated rings. The molecule has 4 rings (SSSR count). The van der Waals surface area contributed by atoms with Gasteiger partial charge in [-0.25, -0.2) is 9.18 Å². The SMILES string of the molecule is Cc1ccc(-c2cc(C(C)C)c(F)cc2C)c(CN2C(=O)O[C@H](c3cccc(C=O)c3)[C@@H]2C)c1. The van der Waals surface area contributed by atoms with E-state index >= 15 is 0 Å². The highest BCUT2D eigenvalue weighted by atomic mass is 19.1. The monoisotopic (exact) mass is 459 g/mol. The number of halogens is 1. The van der Waals surface area contributed by atoms with Gasteiger partial charge in [0.15, 0.2) is 0 Å². The van der Waals surface area contributed by atoms with Crippen molar-refractivity contribution >= 4 is 12.4 Å². The van der Waals surface area contributed by atoms with Crippen molar-refractivity contribution in [2.24, 2.45) is 0 Å². The Kier molecular flexibility index (Phi) is 6.56. The normalized spacial score (nSPS) is 17.9. The second kappa shape index (κ2) is 9.41. The molecule has 0 unspecified atom stereocenters. The Labute approximate surface area is 200 Å². The zero-order valence-electron chi connectivity index (χ0n) is 20.3. The fourth-order valence-electron chi connectivity index (χ4n) is 4.69. The fourth-order valence-corrected chi connectivity index (χ4v) is 4.69. The lowest BCUT2D eigenvalue weighted by molar-refractivity contribution is 0.112. The number of rotatable bonds is 6. The average Bonchev–Trinajstić information content (AvgIpc) is 3.08. The van der Waals surface area contributed by atoms with Crippen LogP contribution in [0.5, 0.6) is 0 Å². The van der Waals surface area contributed by atoms with Crippen LogP contribution < -0.4 is 0 Å². The molecule has 3 aromatic rings. The van der Waals surface area contributed by atoms with Crippen LogP contribution in [0.3, 0.4) is 0 Å². The molecule has 0 aromatic heterocycles. The number of carbonyl (C=O) groups is 2. The van der Waals surface area contributed by atoms with Crippen LogP contribution in [0.2, 0.25) is 0 Å². The van der Waals surface area contributed by atoms with Crippen LogP contribution in [-0.4, -0.2) is 23.3 Å². The third-order valence-electron chi connectivity index (χ3n) is 6.62. The molecule has 0 saturated carbocycles. The lowest BCUT2D eigenvalue weighted by Gasteiger charge is -2.23. The largest absolute Gasteiger partial charge is 0.439 e. The van der Waals surface area contributed by atoms with E-state index in [1.54, 1.807) is 29.2 Å². The Hall–Kier alpha value is -3.47. The predicted octanol–water partition coefficient (Wildman–Crippen LogP) is 7.13. The molecule has 34 heavy (non-hydrogen) atoms. The highest BCUT2D eigenvalue weighted by molar-refractivity contribution is 5.76. The summed E-state index contributed by atoms with van der Waals surface area (Å²) >= 11 is 0. The summed E-state index contributed by atoms with van der Waals surface area (Å²) in [5, 5.41) is 0. The third-order valence-corrected chi connectivity index (χ3v) is 6.62. The topological polar surface area (TPSA) is 46.6 Å². The predicted molar refractivity (Wildman–Crippen MR) is 131 cm³/mol. The molecule has 1 amide bonds. The molecule has 5 heteroatoms. The van der Waals surface area contributed by atoms with Crippen LogP contribution in [0, 0.1) is 19.7 Å². The van der Waals surface area contributed by atoms with Gasteiger partial charge in [0, 0.05) is 5.56 Å². The van der Waals surface area contributed by atoms with Gasteiger partial charge in [0.2, 0.25) is 0 Å². The molecule has 176 valence electrons. The molecule has 1 saturated heterocycles. The lowest BCUT2D eigenvalue weighted by Crippen LogP contribution is -2.31. The minimum absolute atomic E-state index is 0.0599. The van der Waals surface area contributed by atoms with Gasteiger partial charge < -0.3 is 4.74 Å². The van der Waals surface area contributed by atoms with Gasteiger partial charge in [0.05, 0.1) is 12.6 Å². The zero-order valence-corrected chi connectivity index (χ0v) is 20.3. The molecular weight excluding hydrogens is 429 g/mol. The van der Waals surface area contributed by atoms with Crippen molar-refractivity contribution in [1.29, 1.82) is 0 Å². The van der Waals surface area contributed by atoms with Gasteiger partial charge in [-0.3, -0.25) is 9.69 Å². The molecule has 2 atom stereocenters. The van der Waals surface area contributed by atoms with E-state index < -0.39 is 6.10 Å². The fraction of sp³-hybridized carbons (Fsp3) is 0.310. The highest BCUT2D eigenvalue weighted by Crippen LogP contribution is 2.37. The number of cyclic esters (lactones) is 1. The quantitative estimate of drug-likeness (QED) is 0.369. The summed E-state index contributed by atoms with van der Waals surface area (Å²) < 4.78 is 20.3. The second-order valence-corrected chi connectivity index (χ2v) is 9.46. The number of amides is 1. The molecule has 3 aromatic carbocycles. The minimum atomic E-state index is -0.458. The van der Waals surface area contributed by atoms with Gasteiger partial charge in [-0.05, 0) is 78.3 Å². The van der Waals surface area contributed by atoms with E-state index in [1.165, 1.54) is 0 Å². The van der Waals surface area contributed by atoms with E-state index in [4.69, 9.17) is 4.74 Å². The van der Waals surface area contributed by atoms with Crippen molar-refractivity contribution in [1.82, 2.24) is 4.90 Å². The van der Waals surface area contributed by atoms with E-state index in [1.807, 2.05) is 58.9 Å². The number of ether oxygens (including phenoxy) is 1. The number of hydrogen-bond donors (Lipinski definition) is 0. The maximum atomic E-state index is 14.6. The molecule has 0 aliphatic carbocycles. The first-order valence-corrected chi connectivity index (χ1v) is 11.6. The van der Waals surface area contributed by atoms with E-state index in [-0.39, 0.29) is 23.9 Å². The van der Waals surface area contributed by atoms with Gasteiger partial charge in [0.1, 0.15) is 18.2 Å². The standard InChI is InChI=1S/C29H30FNO3/c1-17(2)25-14-26(19(4)12-27(25)30)24-10-9-18(3)11-23(24)15-31-20(5)28(34-29(31)33)22-8-6-7-21(13-22)16-32/h6-14,16-17,20,28H,15H2,1-5H3/t20-,28-/m0/s1. The Balaban J connectivity index is 1.70. The second-order valence-electron chi connectivity index (χ2n) is 9.46. The summed E-state index contributed by atoms with van der Waals surface area (Å²) in [6.07, 6.45) is -0.0565. The Morgan fingerprint density at radius 1 is 1.06 bits per heavy atom. The number of carbonyl (C=O) groups excluding carboxylic acids is 2. The first kappa shape index (κ1) is 23.7.